The molecular formula is C20H22ClNO2. The van der Waals surface area contributed by atoms with Crippen molar-refractivity contribution in [3.8, 4) is 0 Å². The first-order chi connectivity index (χ1) is 11.7. The number of Topliss-reactive ketones (excluding diaryl/α,β-unsaturated/α-hetero) is 1. The van der Waals surface area contributed by atoms with Gasteiger partial charge < -0.3 is 10.1 Å². The lowest BCUT2D eigenvalue weighted by Crippen LogP contribution is -2.17. The molecule has 2 aromatic carbocycles. The molecule has 1 saturated heterocycles. The van der Waals surface area contributed by atoms with E-state index < -0.39 is 6.10 Å². The van der Waals surface area contributed by atoms with E-state index in [0.29, 0.717) is 17.4 Å². The molecule has 24 heavy (non-hydrogen) atoms. The molecule has 0 spiro atoms. The first kappa shape index (κ1) is 17.2. The third-order valence-electron chi connectivity index (χ3n) is 4.59. The van der Waals surface area contributed by atoms with Crippen LogP contribution < -0.4 is 5.32 Å². The number of ketones is 1. The van der Waals surface area contributed by atoms with Gasteiger partial charge in [-0.05, 0) is 47.7 Å². The first-order valence-corrected chi connectivity index (χ1v) is 8.65. The smallest absolute Gasteiger partial charge is 0.170 e. The Labute approximate surface area is 148 Å². The maximum atomic E-state index is 12.6. The van der Waals surface area contributed by atoms with Gasteiger partial charge in [0.15, 0.2) is 5.78 Å². The summed E-state index contributed by atoms with van der Waals surface area (Å²) in [4.78, 5) is 12.6. The molecule has 3 nitrogen and oxygen atoms in total. The third kappa shape index (κ3) is 4.04. The lowest BCUT2D eigenvalue weighted by molar-refractivity contribution is -0.128. The average Bonchev–Trinajstić information content (AvgIpc) is 3.12. The van der Waals surface area contributed by atoms with Gasteiger partial charge in [-0.25, -0.2) is 0 Å². The Bertz CT molecular complexity index is 676. The molecule has 0 aromatic heterocycles. The molecule has 2 unspecified atom stereocenters. The predicted molar refractivity (Wildman–Crippen MR) is 96.6 cm³/mol. The SMILES string of the molecule is COC(C(=O)Cc1ccc(C2CCNC2)cc1)c1ccc(Cl)cc1. The summed E-state index contributed by atoms with van der Waals surface area (Å²) in [6, 6.07) is 15.6. The standard InChI is InChI=1S/C20H22ClNO2/c1-24-20(16-6-8-18(21)9-7-16)19(23)12-14-2-4-15(5-3-14)17-10-11-22-13-17/h2-9,17,20,22H,10-13H2,1H3. The molecule has 1 heterocycles. The Hall–Kier alpha value is -1.68. The fourth-order valence-electron chi connectivity index (χ4n) is 3.23. The summed E-state index contributed by atoms with van der Waals surface area (Å²) in [6.45, 7) is 2.13. The largest absolute Gasteiger partial charge is 0.369 e. The molecule has 0 bridgehead atoms. The summed E-state index contributed by atoms with van der Waals surface area (Å²) in [5.74, 6) is 0.644. The molecule has 3 rings (SSSR count). The lowest BCUT2D eigenvalue weighted by atomic mass is 9.95. The number of hydrogen-bond acceptors (Lipinski definition) is 3. The molecule has 0 saturated carbocycles. The minimum absolute atomic E-state index is 0.0510. The van der Waals surface area contributed by atoms with Crippen molar-refractivity contribution in [2.75, 3.05) is 20.2 Å². The normalized spacial score (nSPS) is 18.5. The van der Waals surface area contributed by atoms with Crippen LogP contribution in [0.1, 0.15) is 35.1 Å². The van der Waals surface area contributed by atoms with E-state index >= 15 is 0 Å². The van der Waals surface area contributed by atoms with Crippen LogP contribution in [-0.4, -0.2) is 26.0 Å². The van der Waals surface area contributed by atoms with Gasteiger partial charge in [-0.2, -0.15) is 0 Å². The van der Waals surface area contributed by atoms with Gasteiger partial charge in [-0.1, -0.05) is 48.0 Å². The summed E-state index contributed by atoms with van der Waals surface area (Å²) < 4.78 is 5.41. The van der Waals surface area contributed by atoms with Crippen LogP contribution in [0.5, 0.6) is 0 Å². The van der Waals surface area contributed by atoms with Crippen LogP contribution in [0.2, 0.25) is 5.02 Å². The Balaban J connectivity index is 1.67. The Morgan fingerprint density at radius 1 is 1.21 bits per heavy atom. The van der Waals surface area contributed by atoms with Crippen LogP contribution >= 0.6 is 11.6 Å². The van der Waals surface area contributed by atoms with E-state index in [9.17, 15) is 4.79 Å². The highest BCUT2D eigenvalue weighted by atomic mass is 35.5. The maximum absolute atomic E-state index is 12.6. The fraction of sp³-hybridized carbons (Fsp3) is 0.350. The first-order valence-electron chi connectivity index (χ1n) is 8.28. The fourth-order valence-corrected chi connectivity index (χ4v) is 3.36. The molecule has 0 aliphatic carbocycles. The molecule has 4 heteroatoms. The van der Waals surface area contributed by atoms with E-state index in [0.717, 1.165) is 24.2 Å². The second kappa shape index (κ2) is 7.93. The van der Waals surface area contributed by atoms with Crippen molar-refractivity contribution in [2.45, 2.75) is 24.9 Å². The van der Waals surface area contributed by atoms with Gasteiger partial charge >= 0.3 is 0 Å². The summed E-state index contributed by atoms with van der Waals surface area (Å²) in [5.41, 5.74) is 3.20. The second-order valence-corrected chi connectivity index (χ2v) is 6.68. The molecule has 1 aliphatic rings. The minimum Gasteiger partial charge on any atom is -0.369 e. The molecule has 0 radical (unpaired) electrons. The van der Waals surface area contributed by atoms with Crippen molar-refractivity contribution in [3.05, 3.63) is 70.2 Å². The Morgan fingerprint density at radius 3 is 2.50 bits per heavy atom. The van der Waals surface area contributed by atoms with Crippen molar-refractivity contribution in [1.29, 1.82) is 0 Å². The number of hydrogen-bond donors (Lipinski definition) is 1. The van der Waals surface area contributed by atoms with Gasteiger partial charge in [-0.3, -0.25) is 4.79 Å². The van der Waals surface area contributed by atoms with Crippen LogP contribution in [0.15, 0.2) is 48.5 Å². The van der Waals surface area contributed by atoms with Crippen LogP contribution in [0.3, 0.4) is 0 Å². The highest BCUT2D eigenvalue weighted by Crippen LogP contribution is 2.24. The van der Waals surface area contributed by atoms with Gasteiger partial charge in [0.05, 0.1) is 0 Å². The van der Waals surface area contributed by atoms with E-state index in [-0.39, 0.29) is 5.78 Å². The number of methoxy groups -OCH3 is 1. The molecular weight excluding hydrogens is 322 g/mol. The van der Waals surface area contributed by atoms with Gasteiger partial charge in [0, 0.05) is 25.1 Å². The zero-order valence-electron chi connectivity index (χ0n) is 13.8. The van der Waals surface area contributed by atoms with E-state index in [1.165, 1.54) is 12.0 Å². The van der Waals surface area contributed by atoms with E-state index in [2.05, 4.69) is 29.6 Å². The number of rotatable bonds is 6. The van der Waals surface area contributed by atoms with Crippen LogP contribution in [0.4, 0.5) is 0 Å². The van der Waals surface area contributed by atoms with Gasteiger partial charge in [-0.15, -0.1) is 0 Å². The van der Waals surface area contributed by atoms with E-state index in [1.54, 1.807) is 19.2 Å². The number of ether oxygens (including phenoxy) is 1. The van der Waals surface area contributed by atoms with Crippen molar-refractivity contribution in [3.63, 3.8) is 0 Å². The van der Waals surface area contributed by atoms with E-state index in [4.69, 9.17) is 16.3 Å². The zero-order chi connectivity index (χ0) is 16.9. The topological polar surface area (TPSA) is 38.3 Å². The van der Waals surface area contributed by atoms with Crippen LogP contribution in [-0.2, 0) is 16.0 Å². The minimum atomic E-state index is -0.555. The molecule has 0 amide bonds. The second-order valence-electron chi connectivity index (χ2n) is 6.24. The molecule has 1 N–H and O–H groups in total. The van der Waals surface area contributed by atoms with Gasteiger partial charge in [0.1, 0.15) is 6.10 Å². The van der Waals surface area contributed by atoms with Crippen molar-refractivity contribution < 1.29 is 9.53 Å². The molecule has 2 atom stereocenters. The Kier molecular flexibility index (Phi) is 5.67. The number of carbonyl (C=O) groups is 1. The van der Waals surface area contributed by atoms with E-state index in [1.807, 2.05) is 12.1 Å². The molecule has 1 fully saturated rings. The molecule has 1 aliphatic heterocycles. The number of carbonyl (C=O) groups excluding carboxylic acids is 1. The highest BCUT2D eigenvalue weighted by Gasteiger charge is 2.21. The maximum Gasteiger partial charge on any atom is 0.170 e. The third-order valence-corrected chi connectivity index (χ3v) is 4.84. The van der Waals surface area contributed by atoms with Crippen LogP contribution in [0, 0.1) is 0 Å². The lowest BCUT2D eigenvalue weighted by Gasteiger charge is -2.15. The summed E-state index contributed by atoms with van der Waals surface area (Å²) >= 11 is 5.91. The van der Waals surface area contributed by atoms with Crippen molar-refractivity contribution in [2.24, 2.45) is 0 Å². The summed E-state index contributed by atoms with van der Waals surface area (Å²) in [6.07, 6.45) is 0.992. The van der Waals surface area contributed by atoms with Crippen molar-refractivity contribution >= 4 is 17.4 Å². The monoisotopic (exact) mass is 343 g/mol. The summed E-state index contributed by atoms with van der Waals surface area (Å²) in [5, 5.41) is 4.03. The summed E-state index contributed by atoms with van der Waals surface area (Å²) in [7, 11) is 1.56. The number of nitrogens with one attached hydrogen (secondary N) is 1. The van der Waals surface area contributed by atoms with Gasteiger partial charge in [0.25, 0.3) is 0 Å². The van der Waals surface area contributed by atoms with Crippen LogP contribution in [0.25, 0.3) is 0 Å². The molecule has 126 valence electrons. The average molecular weight is 344 g/mol. The quantitative estimate of drug-likeness (QED) is 0.864. The Morgan fingerprint density at radius 2 is 1.92 bits per heavy atom. The van der Waals surface area contributed by atoms with Crippen molar-refractivity contribution in [1.82, 2.24) is 5.32 Å². The van der Waals surface area contributed by atoms with Gasteiger partial charge in [0.2, 0.25) is 0 Å². The zero-order valence-corrected chi connectivity index (χ0v) is 14.6. The predicted octanol–water partition coefficient (Wildman–Crippen LogP) is 3.92. The highest BCUT2D eigenvalue weighted by molar-refractivity contribution is 6.30. The number of benzene rings is 2. The number of halogens is 1. The molecule has 2 aromatic rings.